The first-order valence-electron chi connectivity index (χ1n) is 7.02. The fraction of sp³-hybridized carbons (Fsp3) is 0.294. The minimum atomic E-state index is 0.618. The minimum absolute atomic E-state index is 0.618. The van der Waals surface area contributed by atoms with E-state index >= 15 is 0 Å². The third-order valence-corrected chi connectivity index (χ3v) is 3.34. The summed E-state index contributed by atoms with van der Waals surface area (Å²) < 4.78 is 10.9. The molecule has 0 bridgehead atoms. The maximum absolute atomic E-state index is 6.13. The Balaban J connectivity index is 2.04. The summed E-state index contributed by atoms with van der Waals surface area (Å²) in [6.45, 7) is 3.48. The molecular formula is C17H20ClNO2. The predicted octanol–water partition coefficient (Wildman–Crippen LogP) is 4.75. The molecule has 0 saturated heterocycles. The highest BCUT2D eigenvalue weighted by molar-refractivity contribution is 6.32. The Morgan fingerprint density at radius 3 is 2.62 bits per heavy atom. The van der Waals surface area contributed by atoms with Gasteiger partial charge in [-0.05, 0) is 36.2 Å². The Bertz CT molecular complexity index is 587. The van der Waals surface area contributed by atoms with E-state index in [1.165, 1.54) is 0 Å². The third-order valence-electron chi connectivity index (χ3n) is 3.05. The number of nitrogens with one attached hydrogen (secondary N) is 1. The van der Waals surface area contributed by atoms with Crippen LogP contribution in [0.5, 0.6) is 11.5 Å². The zero-order valence-corrected chi connectivity index (χ0v) is 13.1. The molecule has 0 aliphatic heterocycles. The van der Waals surface area contributed by atoms with E-state index in [-0.39, 0.29) is 0 Å². The third kappa shape index (κ3) is 4.30. The van der Waals surface area contributed by atoms with Crippen molar-refractivity contribution in [2.24, 2.45) is 0 Å². The fourth-order valence-corrected chi connectivity index (χ4v) is 2.25. The van der Waals surface area contributed by atoms with Crippen LogP contribution in [0.1, 0.15) is 18.9 Å². The van der Waals surface area contributed by atoms with Crippen molar-refractivity contribution in [3.63, 3.8) is 0 Å². The lowest BCUT2D eigenvalue weighted by molar-refractivity contribution is 0.319. The van der Waals surface area contributed by atoms with Crippen LogP contribution in [0.4, 0.5) is 5.69 Å². The maximum Gasteiger partial charge on any atom is 0.142 e. The lowest BCUT2D eigenvalue weighted by Crippen LogP contribution is -2.03. The van der Waals surface area contributed by atoms with E-state index in [0.29, 0.717) is 23.9 Å². The summed E-state index contributed by atoms with van der Waals surface area (Å²) in [4.78, 5) is 0. The Morgan fingerprint density at radius 2 is 1.90 bits per heavy atom. The topological polar surface area (TPSA) is 30.5 Å². The average molecular weight is 306 g/mol. The van der Waals surface area contributed by atoms with Crippen molar-refractivity contribution in [3.05, 3.63) is 53.1 Å². The number of para-hydroxylation sites is 2. The standard InChI is InChI=1S/C17H20ClNO2/c1-3-10-21-17-7-5-4-6-15(17)19-12-13-8-9-16(20-2)14(18)11-13/h4-9,11,19H,3,10,12H2,1-2H3. The van der Waals surface area contributed by atoms with E-state index in [2.05, 4.69) is 12.2 Å². The molecule has 0 aliphatic carbocycles. The smallest absolute Gasteiger partial charge is 0.142 e. The number of hydrogen-bond donors (Lipinski definition) is 1. The average Bonchev–Trinajstić information content (AvgIpc) is 2.52. The molecule has 0 amide bonds. The molecular weight excluding hydrogens is 286 g/mol. The number of rotatable bonds is 7. The minimum Gasteiger partial charge on any atom is -0.495 e. The Hall–Kier alpha value is -1.87. The number of halogens is 1. The summed E-state index contributed by atoms with van der Waals surface area (Å²) in [7, 11) is 1.61. The quantitative estimate of drug-likeness (QED) is 0.800. The van der Waals surface area contributed by atoms with Crippen LogP contribution in [0.2, 0.25) is 5.02 Å². The largest absolute Gasteiger partial charge is 0.495 e. The first-order chi connectivity index (χ1) is 10.2. The molecule has 0 radical (unpaired) electrons. The lowest BCUT2D eigenvalue weighted by atomic mass is 10.2. The summed E-state index contributed by atoms with van der Waals surface area (Å²) >= 11 is 6.13. The van der Waals surface area contributed by atoms with E-state index in [4.69, 9.17) is 21.1 Å². The molecule has 0 saturated carbocycles. The van der Waals surface area contributed by atoms with Gasteiger partial charge in [-0.1, -0.05) is 36.7 Å². The van der Waals surface area contributed by atoms with E-state index < -0.39 is 0 Å². The van der Waals surface area contributed by atoms with Crippen LogP contribution in [-0.2, 0) is 6.54 Å². The Morgan fingerprint density at radius 1 is 1.10 bits per heavy atom. The zero-order chi connectivity index (χ0) is 15.1. The van der Waals surface area contributed by atoms with Crippen LogP contribution >= 0.6 is 11.6 Å². The first-order valence-corrected chi connectivity index (χ1v) is 7.40. The van der Waals surface area contributed by atoms with Crippen molar-refractivity contribution in [3.8, 4) is 11.5 Å². The van der Waals surface area contributed by atoms with Crippen molar-refractivity contribution in [1.82, 2.24) is 0 Å². The second kappa shape index (κ2) is 7.79. The van der Waals surface area contributed by atoms with Gasteiger partial charge in [0.25, 0.3) is 0 Å². The number of methoxy groups -OCH3 is 1. The Labute approximate surface area is 130 Å². The number of anilines is 1. The van der Waals surface area contributed by atoms with Crippen LogP contribution in [0, 0.1) is 0 Å². The highest BCUT2D eigenvalue weighted by Crippen LogP contribution is 2.27. The number of benzene rings is 2. The molecule has 0 spiro atoms. The van der Waals surface area contributed by atoms with Gasteiger partial charge in [0.2, 0.25) is 0 Å². The van der Waals surface area contributed by atoms with Gasteiger partial charge in [0.05, 0.1) is 24.4 Å². The van der Waals surface area contributed by atoms with Gasteiger partial charge in [-0.2, -0.15) is 0 Å². The van der Waals surface area contributed by atoms with E-state index in [0.717, 1.165) is 23.4 Å². The molecule has 4 heteroatoms. The first kappa shape index (κ1) is 15.5. The fourth-order valence-electron chi connectivity index (χ4n) is 1.97. The summed E-state index contributed by atoms with van der Waals surface area (Å²) in [6, 6.07) is 13.7. The molecule has 3 nitrogen and oxygen atoms in total. The molecule has 21 heavy (non-hydrogen) atoms. The molecule has 1 N–H and O–H groups in total. The molecule has 0 aliphatic rings. The van der Waals surface area contributed by atoms with Gasteiger partial charge in [-0.3, -0.25) is 0 Å². The summed E-state index contributed by atoms with van der Waals surface area (Å²) in [6.07, 6.45) is 0.989. The normalized spacial score (nSPS) is 10.2. The molecule has 2 aromatic rings. The maximum atomic E-state index is 6.13. The zero-order valence-electron chi connectivity index (χ0n) is 12.4. The van der Waals surface area contributed by atoms with Crippen molar-refractivity contribution >= 4 is 17.3 Å². The van der Waals surface area contributed by atoms with Crippen molar-refractivity contribution in [1.29, 1.82) is 0 Å². The highest BCUT2D eigenvalue weighted by Gasteiger charge is 2.04. The van der Waals surface area contributed by atoms with Gasteiger partial charge >= 0.3 is 0 Å². The van der Waals surface area contributed by atoms with Crippen LogP contribution in [-0.4, -0.2) is 13.7 Å². The van der Waals surface area contributed by atoms with E-state index in [1.807, 2.05) is 42.5 Å². The summed E-state index contributed by atoms with van der Waals surface area (Å²) in [5, 5.41) is 4.00. The predicted molar refractivity (Wildman–Crippen MR) is 87.6 cm³/mol. The number of ether oxygens (including phenoxy) is 2. The molecule has 2 aromatic carbocycles. The van der Waals surface area contributed by atoms with E-state index in [1.54, 1.807) is 7.11 Å². The summed E-state index contributed by atoms with van der Waals surface area (Å²) in [5.41, 5.74) is 2.07. The molecule has 0 atom stereocenters. The molecule has 2 rings (SSSR count). The molecule has 0 heterocycles. The van der Waals surface area contributed by atoms with Gasteiger partial charge in [0.15, 0.2) is 0 Å². The highest BCUT2D eigenvalue weighted by atomic mass is 35.5. The van der Waals surface area contributed by atoms with Crippen LogP contribution < -0.4 is 14.8 Å². The van der Waals surface area contributed by atoms with Crippen molar-refractivity contribution in [2.45, 2.75) is 19.9 Å². The second-order valence-electron chi connectivity index (χ2n) is 4.67. The molecule has 112 valence electrons. The van der Waals surface area contributed by atoms with Gasteiger partial charge < -0.3 is 14.8 Å². The van der Waals surface area contributed by atoms with Gasteiger partial charge in [-0.15, -0.1) is 0 Å². The van der Waals surface area contributed by atoms with E-state index in [9.17, 15) is 0 Å². The Kier molecular flexibility index (Phi) is 5.76. The molecule has 0 aromatic heterocycles. The second-order valence-corrected chi connectivity index (χ2v) is 5.07. The summed E-state index contributed by atoms with van der Waals surface area (Å²) in [5.74, 6) is 1.56. The molecule has 0 fully saturated rings. The van der Waals surface area contributed by atoms with Crippen LogP contribution in [0.15, 0.2) is 42.5 Å². The van der Waals surface area contributed by atoms with Gasteiger partial charge in [0, 0.05) is 6.54 Å². The van der Waals surface area contributed by atoms with Crippen molar-refractivity contribution < 1.29 is 9.47 Å². The molecule has 0 unspecified atom stereocenters. The van der Waals surface area contributed by atoms with Gasteiger partial charge in [-0.25, -0.2) is 0 Å². The monoisotopic (exact) mass is 305 g/mol. The lowest BCUT2D eigenvalue weighted by Gasteiger charge is -2.13. The van der Waals surface area contributed by atoms with Crippen LogP contribution in [0.25, 0.3) is 0 Å². The van der Waals surface area contributed by atoms with Crippen molar-refractivity contribution in [2.75, 3.05) is 19.0 Å². The number of hydrogen-bond acceptors (Lipinski definition) is 3. The SMILES string of the molecule is CCCOc1ccccc1NCc1ccc(OC)c(Cl)c1. The van der Waals surface area contributed by atoms with Crippen LogP contribution in [0.3, 0.4) is 0 Å². The van der Waals surface area contributed by atoms with Gasteiger partial charge in [0.1, 0.15) is 11.5 Å².